The van der Waals surface area contributed by atoms with E-state index in [-0.39, 0.29) is 5.78 Å². The van der Waals surface area contributed by atoms with Crippen LogP contribution in [0.3, 0.4) is 0 Å². The lowest BCUT2D eigenvalue weighted by Crippen LogP contribution is -2.42. The molecule has 1 aliphatic rings. The normalized spacial score (nSPS) is 16.4. The van der Waals surface area contributed by atoms with Gasteiger partial charge < -0.3 is 9.47 Å². The third-order valence-corrected chi connectivity index (χ3v) is 3.91. The van der Waals surface area contributed by atoms with Gasteiger partial charge in [-0.25, -0.2) is 9.59 Å². The van der Waals surface area contributed by atoms with Gasteiger partial charge in [0, 0.05) is 6.42 Å². The van der Waals surface area contributed by atoms with Crippen LogP contribution in [0.1, 0.15) is 33.6 Å². The van der Waals surface area contributed by atoms with Crippen molar-refractivity contribution in [3.05, 3.63) is 71.8 Å². The van der Waals surface area contributed by atoms with E-state index in [0.717, 1.165) is 0 Å². The predicted octanol–water partition coefficient (Wildman–Crippen LogP) is 3.01. The van der Waals surface area contributed by atoms with Gasteiger partial charge in [0.05, 0.1) is 17.0 Å². The zero-order chi connectivity index (χ0) is 16.9. The maximum absolute atomic E-state index is 12.2. The van der Waals surface area contributed by atoms with Crippen LogP contribution in [0.15, 0.2) is 60.7 Å². The molecule has 0 heterocycles. The number of hydrogen-bond acceptors (Lipinski definition) is 5. The summed E-state index contributed by atoms with van der Waals surface area (Å²) in [5.74, 6) is -1.91. The molecule has 0 amide bonds. The monoisotopic (exact) mass is 324 g/mol. The highest BCUT2D eigenvalue weighted by Gasteiger charge is 2.40. The van der Waals surface area contributed by atoms with Crippen molar-refractivity contribution in [2.24, 2.45) is 5.92 Å². The molecule has 0 bridgehead atoms. The van der Waals surface area contributed by atoms with Crippen molar-refractivity contribution >= 4 is 17.7 Å². The molecule has 0 saturated heterocycles. The first-order valence-electron chi connectivity index (χ1n) is 7.70. The topological polar surface area (TPSA) is 69.7 Å². The van der Waals surface area contributed by atoms with Crippen molar-refractivity contribution in [3.63, 3.8) is 0 Å². The lowest BCUT2D eigenvalue weighted by molar-refractivity contribution is -0.154. The number of rotatable bonds is 5. The maximum Gasteiger partial charge on any atom is 0.341 e. The molecule has 1 aliphatic carbocycles. The van der Waals surface area contributed by atoms with Crippen LogP contribution >= 0.6 is 0 Å². The Hall–Kier alpha value is -2.95. The third kappa shape index (κ3) is 3.51. The SMILES string of the molecule is O=C(OC(OC(=O)c1ccccc1)[C@@H]1CCC1=O)c1ccccc1. The third-order valence-electron chi connectivity index (χ3n) is 3.91. The number of benzene rings is 2. The zero-order valence-electron chi connectivity index (χ0n) is 12.9. The summed E-state index contributed by atoms with van der Waals surface area (Å²) in [4.78, 5) is 36.1. The van der Waals surface area contributed by atoms with Crippen molar-refractivity contribution < 1.29 is 23.9 Å². The molecule has 2 aromatic carbocycles. The van der Waals surface area contributed by atoms with Crippen molar-refractivity contribution in [1.29, 1.82) is 0 Å². The van der Waals surface area contributed by atoms with Crippen LogP contribution in [0.25, 0.3) is 0 Å². The van der Waals surface area contributed by atoms with Gasteiger partial charge in [-0.3, -0.25) is 4.79 Å². The van der Waals surface area contributed by atoms with Gasteiger partial charge >= 0.3 is 11.9 Å². The molecular weight excluding hydrogens is 308 g/mol. The molecule has 122 valence electrons. The summed E-state index contributed by atoms with van der Waals surface area (Å²) in [5.41, 5.74) is 0.676. The number of Topliss-reactive ketones (excluding diaryl/α,β-unsaturated/α-hetero) is 1. The largest absolute Gasteiger partial charge is 0.421 e. The molecule has 1 fully saturated rings. The summed E-state index contributed by atoms with van der Waals surface area (Å²) >= 11 is 0. The quantitative estimate of drug-likeness (QED) is 0.624. The Morgan fingerprint density at radius 2 is 1.29 bits per heavy atom. The first-order valence-corrected chi connectivity index (χ1v) is 7.70. The highest BCUT2D eigenvalue weighted by molar-refractivity contribution is 5.92. The first kappa shape index (κ1) is 15.9. The van der Waals surface area contributed by atoms with Crippen molar-refractivity contribution in [1.82, 2.24) is 0 Å². The smallest absolute Gasteiger partial charge is 0.341 e. The van der Waals surface area contributed by atoms with Crippen LogP contribution in [0.2, 0.25) is 0 Å². The molecule has 0 radical (unpaired) electrons. The highest BCUT2D eigenvalue weighted by atomic mass is 16.7. The number of carbonyl (C=O) groups excluding carboxylic acids is 3. The molecular formula is C19H16O5. The maximum atomic E-state index is 12.2. The minimum atomic E-state index is -1.20. The summed E-state index contributed by atoms with van der Waals surface area (Å²) < 4.78 is 10.6. The van der Waals surface area contributed by atoms with E-state index in [1.807, 2.05) is 0 Å². The summed E-state index contributed by atoms with van der Waals surface area (Å²) in [6, 6.07) is 16.8. The second kappa shape index (κ2) is 7.08. The van der Waals surface area contributed by atoms with Gasteiger partial charge in [-0.1, -0.05) is 36.4 Å². The summed E-state index contributed by atoms with van der Waals surface area (Å²) in [7, 11) is 0. The van der Waals surface area contributed by atoms with Crippen LogP contribution < -0.4 is 0 Å². The molecule has 24 heavy (non-hydrogen) atoms. The van der Waals surface area contributed by atoms with Crippen molar-refractivity contribution in [3.8, 4) is 0 Å². The molecule has 3 rings (SSSR count). The van der Waals surface area contributed by atoms with E-state index in [0.29, 0.717) is 24.0 Å². The Kier molecular flexibility index (Phi) is 4.70. The summed E-state index contributed by atoms with van der Waals surface area (Å²) in [5, 5.41) is 0. The lowest BCUT2D eigenvalue weighted by atomic mass is 9.83. The molecule has 1 atom stereocenters. The van der Waals surface area contributed by atoms with Gasteiger partial charge in [0.25, 0.3) is 6.29 Å². The van der Waals surface area contributed by atoms with E-state index in [1.54, 1.807) is 60.7 Å². The number of carbonyl (C=O) groups is 3. The second-order valence-electron chi connectivity index (χ2n) is 5.52. The Balaban J connectivity index is 1.73. The fourth-order valence-corrected chi connectivity index (χ4v) is 2.40. The fraction of sp³-hybridized carbons (Fsp3) is 0.211. The molecule has 2 aromatic rings. The molecule has 0 N–H and O–H groups in total. The Bertz CT molecular complexity index is 685. The average Bonchev–Trinajstić information content (AvgIpc) is 2.61. The minimum absolute atomic E-state index is 0.0678. The van der Waals surface area contributed by atoms with E-state index in [2.05, 4.69) is 0 Å². The van der Waals surface area contributed by atoms with Gasteiger partial charge in [0.1, 0.15) is 5.78 Å². The number of esters is 2. The molecule has 1 saturated carbocycles. The molecule has 0 unspecified atom stereocenters. The summed E-state index contributed by atoms with van der Waals surface area (Å²) in [6.07, 6.45) is -0.257. The Morgan fingerprint density at radius 1 is 0.833 bits per heavy atom. The average molecular weight is 324 g/mol. The van der Waals surface area contributed by atoms with E-state index < -0.39 is 24.1 Å². The van der Waals surface area contributed by atoms with E-state index >= 15 is 0 Å². The van der Waals surface area contributed by atoms with Gasteiger partial charge in [0.2, 0.25) is 0 Å². The molecule has 0 spiro atoms. The fourth-order valence-electron chi connectivity index (χ4n) is 2.40. The molecule has 5 nitrogen and oxygen atoms in total. The van der Waals surface area contributed by atoms with Crippen molar-refractivity contribution in [2.45, 2.75) is 19.1 Å². The van der Waals surface area contributed by atoms with E-state index in [9.17, 15) is 14.4 Å². The van der Waals surface area contributed by atoms with Gasteiger partial charge in [-0.2, -0.15) is 0 Å². The van der Waals surface area contributed by atoms with Crippen LogP contribution in [-0.2, 0) is 14.3 Å². The van der Waals surface area contributed by atoms with Crippen LogP contribution in [0.5, 0.6) is 0 Å². The zero-order valence-corrected chi connectivity index (χ0v) is 12.9. The van der Waals surface area contributed by atoms with Gasteiger partial charge in [-0.05, 0) is 30.7 Å². The number of ketones is 1. The highest BCUT2D eigenvalue weighted by Crippen LogP contribution is 2.29. The lowest BCUT2D eigenvalue weighted by Gasteiger charge is -2.31. The van der Waals surface area contributed by atoms with Crippen molar-refractivity contribution in [2.75, 3.05) is 0 Å². The Labute approximate surface area is 139 Å². The van der Waals surface area contributed by atoms with Gasteiger partial charge in [0.15, 0.2) is 0 Å². The number of ether oxygens (including phenoxy) is 2. The molecule has 0 aromatic heterocycles. The summed E-state index contributed by atoms with van der Waals surface area (Å²) in [6.45, 7) is 0. The molecule has 0 aliphatic heterocycles. The van der Waals surface area contributed by atoms with Gasteiger partial charge in [-0.15, -0.1) is 0 Å². The van der Waals surface area contributed by atoms with Crippen LogP contribution in [0, 0.1) is 5.92 Å². The number of hydrogen-bond donors (Lipinski definition) is 0. The minimum Gasteiger partial charge on any atom is -0.421 e. The van der Waals surface area contributed by atoms with Crippen LogP contribution in [0.4, 0.5) is 0 Å². The van der Waals surface area contributed by atoms with Crippen LogP contribution in [-0.4, -0.2) is 24.0 Å². The van der Waals surface area contributed by atoms with E-state index in [4.69, 9.17) is 9.47 Å². The molecule has 5 heteroatoms. The standard InChI is InChI=1S/C19H16O5/c20-16-12-11-15(16)19(23-17(21)13-7-3-1-4-8-13)24-18(22)14-9-5-2-6-10-14/h1-10,15,19H,11-12H2/t15-/m1/s1. The first-order chi connectivity index (χ1) is 11.6. The second-order valence-corrected chi connectivity index (χ2v) is 5.52. The Morgan fingerprint density at radius 3 is 1.62 bits per heavy atom. The van der Waals surface area contributed by atoms with E-state index in [1.165, 1.54) is 0 Å². The predicted molar refractivity (Wildman–Crippen MR) is 85.2 cm³/mol.